The van der Waals surface area contributed by atoms with E-state index in [4.69, 9.17) is 14.9 Å². The first-order valence-electron chi connectivity index (χ1n) is 6.72. The largest absolute Gasteiger partial charge is 0.502 e. The van der Waals surface area contributed by atoms with Crippen LogP contribution in [0.2, 0.25) is 0 Å². The summed E-state index contributed by atoms with van der Waals surface area (Å²) in [7, 11) is 0. The fourth-order valence-electron chi connectivity index (χ4n) is 1.80. The summed E-state index contributed by atoms with van der Waals surface area (Å²) in [4.78, 5) is 22.3. The molecule has 2 aromatic carbocycles. The molecule has 7 heteroatoms. The number of aliphatic hydroxyl groups excluding tert-OH is 1. The van der Waals surface area contributed by atoms with Gasteiger partial charge in [-0.2, -0.15) is 0 Å². The van der Waals surface area contributed by atoms with Crippen LogP contribution in [0.3, 0.4) is 0 Å². The van der Waals surface area contributed by atoms with Crippen molar-refractivity contribution in [2.24, 2.45) is 0 Å². The number of ketones is 1. The highest BCUT2D eigenvalue weighted by atomic mass is 19.2. The van der Waals surface area contributed by atoms with Crippen LogP contribution in [0, 0.1) is 11.6 Å². The Bertz CT molecular complexity index is 814. The van der Waals surface area contributed by atoms with Gasteiger partial charge in [0.2, 0.25) is 5.76 Å². The highest BCUT2D eigenvalue weighted by molar-refractivity contribution is 6.07. The molecule has 2 rings (SSSR count). The number of carboxylic acid groups (broad SMARTS) is 1. The summed E-state index contributed by atoms with van der Waals surface area (Å²) >= 11 is 0. The van der Waals surface area contributed by atoms with Crippen LogP contribution in [0.4, 0.5) is 8.78 Å². The van der Waals surface area contributed by atoms with Crippen LogP contribution in [0.1, 0.15) is 15.9 Å². The van der Waals surface area contributed by atoms with Gasteiger partial charge in [0.25, 0.3) is 0 Å². The summed E-state index contributed by atoms with van der Waals surface area (Å²) in [5.41, 5.74) is 0.500. The molecule has 24 heavy (non-hydrogen) atoms. The Kier molecular flexibility index (Phi) is 5.26. The lowest BCUT2D eigenvalue weighted by Crippen LogP contribution is -2.04. The molecular weight excluding hydrogens is 322 g/mol. The molecule has 0 bridgehead atoms. The Morgan fingerprint density at radius 1 is 1.04 bits per heavy atom. The molecule has 0 aliphatic carbocycles. The molecule has 0 spiro atoms. The summed E-state index contributed by atoms with van der Waals surface area (Å²) in [5.74, 6) is -5.09. The number of carbonyl (C=O) groups excluding carboxylic acids is 1. The van der Waals surface area contributed by atoms with Gasteiger partial charge in [0.15, 0.2) is 17.4 Å². The number of halogens is 2. The van der Waals surface area contributed by atoms with E-state index < -0.39 is 29.1 Å². The van der Waals surface area contributed by atoms with Gasteiger partial charge >= 0.3 is 5.97 Å². The van der Waals surface area contributed by atoms with Crippen LogP contribution in [0.15, 0.2) is 54.3 Å². The lowest BCUT2D eigenvalue weighted by Gasteiger charge is -2.07. The minimum absolute atomic E-state index is 0.0505. The molecule has 2 N–H and O–H groups in total. The summed E-state index contributed by atoms with van der Waals surface area (Å²) in [6.45, 7) is -0.0505. The lowest BCUT2D eigenvalue weighted by atomic mass is 10.1. The Balaban J connectivity index is 2.10. The van der Waals surface area contributed by atoms with Crippen molar-refractivity contribution in [2.45, 2.75) is 6.61 Å². The van der Waals surface area contributed by atoms with Crippen LogP contribution in [-0.4, -0.2) is 22.0 Å². The zero-order chi connectivity index (χ0) is 17.7. The van der Waals surface area contributed by atoms with Gasteiger partial charge in [0.1, 0.15) is 12.4 Å². The molecule has 2 aromatic rings. The van der Waals surface area contributed by atoms with Crippen molar-refractivity contribution in [3.8, 4) is 5.75 Å². The van der Waals surface area contributed by atoms with Gasteiger partial charge in [-0.05, 0) is 29.8 Å². The van der Waals surface area contributed by atoms with E-state index in [0.29, 0.717) is 11.6 Å². The second-order valence-electron chi connectivity index (χ2n) is 4.76. The molecule has 0 aliphatic rings. The van der Waals surface area contributed by atoms with Crippen molar-refractivity contribution >= 4 is 11.8 Å². The Labute approximate surface area is 135 Å². The normalized spacial score (nSPS) is 11.2. The van der Waals surface area contributed by atoms with Crippen molar-refractivity contribution < 1.29 is 33.3 Å². The number of carbonyl (C=O) groups is 2. The fourth-order valence-corrected chi connectivity index (χ4v) is 1.80. The van der Waals surface area contributed by atoms with E-state index in [-0.39, 0.29) is 17.9 Å². The topological polar surface area (TPSA) is 83.8 Å². The van der Waals surface area contributed by atoms with Gasteiger partial charge in [0.05, 0.1) is 0 Å². The van der Waals surface area contributed by atoms with Gasteiger partial charge in [0, 0.05) is 11.6 Å². The van der Waals surface area contributed by atoms with Crippen molar-refractivity contribution in [3.05, 3.63) is 77.1 Å². The minimum atomic E-state index is -1.62. The molecule has 0 saturated carbocycles. The van der Waals surface area contributed by atoms with Crippen molar-refractivity contribution in [3.63, 3.8) is 0 Å². The second-order valence-corrected chi connectivity index (χ2v) is 4.76. The number of rotatable bonds is 6. The first kappa shape index (κ1) is 17.1. The molecule has 0 fully saturated rings. The van der Waals surface area contributed by atoms with E-state index in [0.717, 1.165) is 12.1 Å². The molecule has 0 amide bonds. The lowest BCUT2D eigenvalue weighted by molar-refractivity contribution is -0.135. The average molecular weight is 334 g/mol. The first-order chi connectivity index (χ1) is 11.4. The molecule has 0 aromatic heterocycles. The van der Waals surface area contributed by atoms with Crippen molar-refractivity contribution in [1.82, 2.24) is 0 Å². The van der Waals surface area contributed by atoms with Gasteiger partial charge < -0.3 is 14.9 Å². The van der Waals surface area contributed by atoms with E-state index in [1.54, 1.807) is 0 Å². The minimum Gasteiger partial charge on any atom is -0.502 e. The highest BCUT2D eigenvalue weighted by Gasteiger charge is 2.10. The first-order valence-corrected chi connectivity index (χ1v) is 6.72. The second kappa shape index (κ2) is 7.36. The molecule has 5 nitrogen and oxygen atoms in total. The quantitative estimate of drug-likeness (QED) is 0.481. The van der Waals surface area contributed by atoms with Gasteiger partial charge in [-0.15, -0.1) is 0 Å². The van der Waals surface area contributed by atoms with Gasteiger partial charge in [-0.1, -0.05) is 18.2 Å². The standard InChI is InChI=1S/C17H12F2O5/c18-13-5-4-10(6-14(13)19)9-24-12-3-1-2-11(7-12)15(20)8-16(21)17(22)23/h1-8,21H,9H2,(H,22,23)/b16-8-. The number of hydrogen-bond donors (Lipinski definition) is 2. The Hall–Kier alpha value is -3.22. The number of allylic oxidation sites excluding steroid dienone is 1. The molecule has 0 saturated heterocycles. The third-order valence-corrected chi connectivity index (χ3v) is 2.99. The smallest absolute Gasteiger partial charge is 0.371 e. The van der Waals surface area contributed by atoms with Crippen molar-refractivity contribution in [1.29, 1.82) is 0 Å². The van der Waals surface area contributed by atoms with E-state index in [2.05, 4.69) is 0 Å². The van der Waals surface area contributed by atoms with Gasteiger partial charge in [-0.25, -0.2) is 13.6 Å². The van der Waals surface area contributed by atoms with Crippen molar-refractivity contribution in [2.75, 3.05) is 0 Å². The van der Waals surface area contributed by atoms with E-state index >= 15 is 0 Å². The highest BCUT2D eigenvalue weighted by Crippen LogP contribution is 2.17. The van der Waals surface area contributed by atoms with Crippen LogP contribution in [0.5, 0.6) is 5.75 Å². The van der Waals surface area contributed by atoms with E-state index in [9.17, 15) is 18.4 Å². The molecule has 0 radical (unpaired) electrons. The molecule has 124 valence electrons. The summed E-state index contributed by atoms with van der Waals surface area (Å²) in [6.07, 6.45) is 0.580. The van der Waals surface area contributed by atoms with Crippen LogP contribution in [0.25, 0.3) is 0 Å². The van der Waals surface area contributed by atoms with E-state index in [1.807, 2.05) is 0 Å². The molecule has 0 atom stereocenters. The van der Waals surface area contributed by atoms with Crippen LogP contribution >= 0.6 is 0 Å². The van der Waals surface area contributed by atoms with Crippen LogP contribution < -0.4 is 4.74 Å². The molecule has 0 heterocycles. The zero-order valence-electron chi connectivity index (χ0n) is 12.2. The maximum atomic E-state index is 13.1. The maximum absolute atomic E-state index is 13.1. The predicted molar refractivity (Wildman–Crippen MR) is 79.8 cm³/mol. The number of hydrogen-bond acceptors (Lipinski definition) is 4. The fraction of sp³-hybridized carbons (Fsp3) is 0.0588. The summed E-state index contributed by atoms with van der Waals surface area (Å²) < 4.78 is 31.3. The van der Waals surface area contributed by atoms with E-state index in [1.165, 1.54) is 30.3 Å². The Morgan fingerprint density at radius 3 is 2.46 bits per heavy atom. The SMILES string of the molecule is O=C(O)/C(O)=C/C(=O)c1cccc(OCc2ccc(F)c(F)c2)c1. The molecule has 0 unspecified atom stereocenters. The van der Waals surface area contributed by atoms with Gasteiger partial charge in [-0.3, -0.25) is 4.79 Å². The summed E-state index contributed by atoms with van der Waals surface area (Å²) in [5, 5.41) is 17.6. The monoisotopic (exact) mass is 334 g/mol. The molecule has 0 aliphatic heterocycles. The summed E-state index contributed by atoms with van der Waals surface area (Å²) in [6, 6.07) is 9.13. The zero-order valence-corrected chi connectivity index (χ0v) is 12.2. The maximum Gasteiger partial charge on any atom is 0.371 e. The third kappa shape index (κ3) is 4.39. The predicted octanol–water partition coefficient (Wildman–Crippen LogP) is 3.25. The average Bonchev–Trinajstić information content (AvgIpc) is 2.56. The van der Waals surface area contributed by atoms with Crippen LogP contribution in [-0.2, 0) is 11.4 Å². The Morgan fingerprint density at radius 2 is 1.79 bits per heavy atom. The number of carboxylic acids is 1. The third-order valence-electron chi connectivity index (χ3n) is 2.99. The number of aliphatic carboxylic acids is 1. The number of aliphatic hydroxyl groups is 1. The molecular formula is C17H12F2O5. The number of ether oxygens (including phenoxy) is 1. The number of benzene rings is 2.